The number of methoxy groups -OCH3 is 2. The normalized spacial score (nSPS) is 17.2. The molecule has 0 fully saturated rings. The summed E-state index contributed by atoms with van der Waals surface area (Å²) in [4.78, 5) is 13.7. The van der Waals surface area contributed by atoms with Gasteiger partial charge in [-0.2, -0.15) is 4.98 Å². The number of rotatable bonds is 7. The first-order chi connectivity index (χ1) is 11.6. The Morgan fingerprint density at radius 1 is 1.21 bits per heavy atom. The van der Waals surface area contributed by atoms with Gasteiger partial charge in [0.15, 0.2) is 0 Å². The van der Waals surface area contributed by atoms with Crippen LogP contribution in [0.25, 0.3) is 10.2 Å². The van der Waals surface area contributed by atoms with Crippen LogP contribution in [0.1, 0.15) is 23.8 Å². The molecule has 24 heavy (non-hydrogen) atoms. The van der Waals surface area contributed by atoms with E-state index >= 15 is 0 Å². The van der Waals surface area contributed by atoms with E-state index in [9.17, 15) is 0 Å². The van der Waals surface area contributed by atoms with Crippen LogP contribution in [0.15, 0.2) is 0 Å². The zero-order chi connectivity index (χ0) is 17.1. The summed E-state index contributed by atoms with van der Waals surface area (Å²) in [5, 5.41) is 1.49. The Hall–Kier alpha value is -0.950. The molecule has 0 aromatic carbocycles. The fourth-order valence-corrected chi connectivity index (χ4v) is 4.85. The molecular formula is C17H24ClN3O2S. The number of anilines is 1. The minimum atomic E-state index is 0.309. The Kier molecular flexibility index (Phi) is 5.92. The number of halogens is 1. The zero-order valence-electron chi connectivity index (χ0n) is 14.5. The number of nitrogens with zero attached hydrogens (tertiary/aromatic N) is 3. The first-order valence-electron chi connectivity index (χ1n) is 8.34. The van der Waals surface area contributed by atoms with Crippen LogP contribution in [0.5, 0.6) is 0 Å². The van der Waals surface area contributed by atoms with Crippen molar-refractivity contribution in [2.24, 2.45) is 5.92 Å². The molecular weight excluding hydrogens is 346 g/mol. The lowest BCUT2D eigenvalue weighted by molar-refractivity contribution is 0.190. The van der Waals surface area contributed by atoms with Gasteiger partial charge in [0.05, 0.1) is 18.6 Å². The molecule has 0 saturated heterocycles. The van der Waals surface area contributed by atoms with Gasteiger partial charge in [-0.3, -0.25) is 0 Å². The van der Waals surface area contributed by atoms with E-state index in [-0.39, 0.29) is 0 Å². The number of thiophene rings is 1. The first kappa shape index (κ1) is 17.9. The third-order valence-corrected chi connectivity index (χ3v) is 5.86. The lowest BCUT2D eigenvalue weighted by atomic mass is 9.89. The summed E-state index contributed by atoms with van der Waals surface area (Å²) in [5.41, 5.74) is 1.42. The predicted octanol–water partition coefficient (Wildman–Crippen LogP) is 3.57. The van der Waals surface area contributed by atoms with E-state index in [1.807, 2.05) is 0 Å². The van der Waals surface area contributed by atoms with Gasteiger partial charge >= 0.3 is 0 Å². The molecule has 5 nitrogen and oxygen atoms in total. The van der Waals surface area contributed by atoms with Crippen molar-refractivity contribution in [1.82, 2.24) is 9.97 Å². The summed E-state index contributed by atoms with van der Waals surface area (Å²) in [6.07, 6.45) is 3.44. The fraction of sp³-hybridized carbons (Fsp3) is 0.647. The van der Waals surface area contributed by atoms with E-state index in [1.54, 1.807) is 25.6 Å². The smallest absolute Gasteiger partial charge is 0.225 e. The molecule has 3 rings (SSSR count). The largest absolute Gasteiger partial charge is 0.383 e. The van der Waals surface area contributed by atoms with Crippen LogP contribution in [-0.4, -0.2) is 50.5 Å². The highest BCUT2D eigenvalue weighted by molar-refractivity contribution is 7.19. The van der Waals surface area contributed by atoms with Crippen LogP contribution >= 0.6 is 22.9 Å². The summed E-state index contributed by atoms with van der Waals surface area (Å²) in [6, 6.07) is 0. The fourth-order valence-electron chi connectivity index (χ4n) is 3.25. The van der Waals surface area contributed by atoms with E-state index in [2.05, 4.69) is 21.8 Å². The highest BCUT2D eigenvalue weighted by Gasteiger charge is 2.25. The number of aromatic nitrogens is 2. The highest BCUT2D eigenvalue weighted by atomic mass is 35.5. The van der Waals surface area contributed by atoms with Gasteiger partial charge in [-0.05, 0) is 42.3 Å². The minimum absolute atomic E-state index is 0.309. The number of fused-ring (bicyclic) bond motifs is 3. The number of hydrogen-bond acceptors (Lipinski definition) is 6. The average molecular weight is 370 g/mol. The molecule has 1 aliphatic rings. The molecule has 2 heterocycles. The van der Waals surface area contributed by atoms with Gasteiger partial charge < -0.3 is 14.4 Å². The van der Waals surface area contributed by atoms with Crippen LogP contribution in [-0.2, 0) is 22.3 Å². The summed E-state index contributed by atoms with van der Waals surface area (Å²) in [6.45, 7) is 5.09. The highest BCUT2D eigenvalue weighted by Crippen LogP contribution is 2.41. The van der Waals surface area contributed by atoms with Crippen molar-refractivity contribution in [3.8, 4) is 0 Å². The Labute approximate surface area is 151 Å². The summed E-state index contributed by atoms with van der Waals surface area (Å²) in [7, 11) is 3.43. The van der Waals surface area contributed by atoms with Crippen LogP contribution < -0.4 is 4.90 Å². The summed E-state index contributed by atoms with van der Waals surface area (Å²) in [5.74, 6) is 1.65. The van der Waals surface area contributed by atoms with Gasteiger partial charge in [-0.15, -0.1) is 11.3 Å². The molecule has 0 spiro atoms. The van der Waals surface area contributed by atoms with Gasteiger partial charge in [0, 0.05) is 32.2 Å². The molecule has 0 amide bonds. The average Bonchev–Trinajstić information content (AvgIpc) is 2.91. The van der Waals surface area contributed by atoms with Gasteiger partial charge in [0.1, 0.15) is 10.6 Å². The second-order valence-electron chi connectivity index (χ2n) is 6.32. The lowest BCUT2D eigenvalue weighted by Gasteiger charge is -2.25. The van der Waals surface area contributed by atoms with Gasteiger partial charge in [-0.25, -0.2) is 4.98 Å². The molecule has 0 radical (unpaired) electrons. The van der Waals surface area contributed by atoms with E-state index in [0.29, 0.717) is 18.5 Å². The Morgan fingerprint density at radius 2 is 1.92 bits per heavy atom. The number of ether oxygens (including phenoxy) is 2. The van der Waals surface area contributed by atoms with Crippen molar-refractivity contribution >= 4 is 39.0 Å². The van der Waals surface area contributed by atoms with Crippen molar-refractivity contribution in [3.05, 3.63) is 15.7 Å². The van der Waals surface area contributed by atoms with Gasteiger partial charge in [0.2, 0.25) is 5.28 Å². The van der Waals surface area contributed by atoms with Crippen LogP contribution in [0.4, 0.5) is 5.82 Å². The van der Waals surface area contributed by atoms with E-state index in [1.165, 1.54) is 22.2 Å². The van der Waals surface area contributed by atoms with Crippen molar-refractivity contribution in [2.45, 2.75) is 26.2 Å². The molecule has 0 saturated carbocycles. The molecule has 1 aliphatic carbocycles. The molecule has 0 aliphatic heterocycles. The molecule has 1 atom stereocenters. The predicted molar refractivity (Wildman–Crippen MR) is 99.6 cm³/mol. The Morgan fingerprint density at radius 3 is 2.58 bits per heavy atom. The van der Waals surface area contributed by atoms with Crippen molar-refractivity contribution in [3.63, 3.8) is 0 Å². The first-order valence-corrected chi connectivity index (χ1v) is 9.54. The number of aryl methyl sites for hydroxylation is 1. The second kappa shape index (κ2) is 7.95. The SMILES string of the molecule is COCCN(CCOC)c1nc(Cl)nc2sc3c(c12)CCC(C)C3. The van der Waals surface area contributed by atoms with E-state index in [0.717, 1.165) is 42.5 Å². The second-order valence-corrected chi connectivity index (χ2v) is 7.74. The maximum absolute atomic E-state index is 6.22. The molecule has 132 valence electrons. The van der Waals surface area contributed by atoms with Crippen LogP contribution in [0, 0.1) is 5.92 Å². The zero-order valence-corrected chi connectivity index (χ0v) is 16.0. The Bertz CT molecular complexity index is 699. The van der Waals surface area contributed by atoms with Gasteiger partial charge in [-0.1, -0.05) is 6.92 Å². The van der Waals surface area contributed by atoms with Crippen molar-refractivity contribution < 1.29 is 9.47 Å². The Balaban J connectivity index is 2.07. The number of hydrogen-bond donors (Lipinski definition) is 0. The van der Waals surface area contributed by atoms with Gasteiger partial charge in [0.25, 0.3) is 0 Å². The quantitative estimate of drug-likeness (QED) is 0.698. The third kappa shape index (κ3) is 3.67. The standard InChI is InChI=1S/C17H24ClN3O2S/c1-11-4-5-12-13(10-11)24-16-14(12)15(19-17(18)20-16)21(6-8-22-2)7-9-23-3/h11H,4-10H2,1-3H3. The molecule has 0 bridgehead atoms. The maximum Gasteiger partial charge on any atom is 0.225 e. The summed E-state index contributed by atoms with van der Waals surface area (Å²) < 4.78 is 10.5. The third-order valence-electron chi connectivity index (χ3n) is 4.54. The monoisotopic (exact) mass is 369 g/mol. The van der Waals surface area contributed by atoms with E-state index in [4.69, 9.17) is 21.1 Å². The minimum Gasteiger partial charge on any atom is -0.383 e. The molecule has 2 aromatic rings. The van der Waals surface area contributed by atoms with Crippen molar-refractivity contribution in [1.29, 1.82) is 0 Å². The summed E-state index contributed by atoms with van der Waals surface area (Å²) >= 11 is 8.00. The molecule has 1 unspecified atom stereocenters. The topological polar surface area (TPSA) is 47.5 Å². The molecule has 2 aromatic heterocycles. The van der Waals surface area contributed by atoms with Crippen molar-refractivity contribution in [2.75, 3.05) is 45.4 Å². The van der Waals surface area contributed by atoms with Crippen LogP contribution in [0.2, 0.25) is 5.28 Å². The molecule has 0 N–H and O–H groups in total. The molecule has 7 heteroatoms. The maximum atomic E-state index is 6.22. The van der Waals surface area contributed by atoms with Crippen LogP contribution in [0.3, 0.4) is 0 Å². The lowest BCUT2D eigenvalue weighted by Crippen LogP contribution is -2.31. The van der Waals surface area contributed by atoms with E-state index < -0.39 is 0 Å².